The van der Waals surface area contributed by atoms with E-state index in [0.717, 1.165) is 62.2 Å². The lowest BCUT2D eigenvalue weighted by molar-refractivity contribution is -0.266. The van der Waals surface area contributed by atoms with Gasteiger partial charge in [-0.2, -0.15) is 0 Å². The molecule has 67 heavy (non-hydrogen) atoms. The molecule has 0 aromatic carbocycles. The number of unbranched alkanes of at least 4 members (excludes halogenated alkanes) is 16. The molecule has 0 N–H and O–H groups in total. The van der Waals surface area contributed by atoms with Crippen LogP contribution in [-0.2, 0) is 38.1 Å². The van der Waals surface area contributed by atoms with Crippen LogP contribution in [0.2, 0.25) is 0 Å². The summed E-state index contributed by atoms with van der Waals surface area (Å²) in [4.78, 5) is 50.3. The molecule has 3 fully saturated rings. The summed E-state index contributed by atoms with van der Waals surface area (Å²) < 4.78 is 23.5. The Balaban J connectivity index is 1.49. The van der Waals surface area contributed by atoms with Gasteiger partial charge in [0.1, 0.15) is 24.4 Å². The highest BCUT2D eigenvalue weighted by Gasteiger charge is 2.67. The number of hydrogen-bond donors (Lipinski definition) is 0. The van der Waals surface area contributed by atoms with Crippen molar-refractivity contribution in [3.8, 4) is 0 Å². The normalized spacial score (nSPS) is 26.6. The molecule has 3 rings (SSSR count). The lowest BCUT2D eigenvalue weighted by atomic mass is 9.51. The molecule has 0 aromatic rings. The number of hydrogen-bond acceptors (Lipinski definition) is 8. The Morgan fingerprint density at radius 2 is 0.776 bits per heavy atom. The van der Waals surface area contributed by atoms with Crippen LogP contribution in [0.5, 0.6) is 0 Å². The second-order valence-electron chi connectivity index (χ2n) is 24.1. The number of esters is 4. The maximum Gasteiger partial charge on any atom is 0.333 e. The van der Waals surface area contributed by atoms with Crippen LogP contribution in [0, 0.1) is 45.3 Å². The van der Waals surface area contributed by atoms with Gasteiger partial charge < -0.3 is 18.9 Å². The van der Waals surface area contributed by atoms with Crippen LogP contribution in [0.4, 0.5) is 0 Å². The minimum Gasteiger partial charge on any atom is -0.461 e. The molecule has 8 heteroatoms. The average molecular weight is 939 g/mol. The first-order valence-electron chi connectivity index (χ1n) is 27.8. The lowest BCUT2D eigenvalue weighted by Crippen LogP contribution is -2.69. The first kappa shape index (κ1) is 58.7. The zero-order valence-electron chi connectivity index (χ0n) is 45.2. The highest BCUT2D eigenvalue weighted by atomic mass is 16.6. The molecule has 3 saturated carbocycles. The molecule has 0 aromatic heterocycles. The molecule has 0 spiro atoms. The van der Waals surface area contributed by atoms with E-state index in [9.17, 15) is 19.2 Å². The highest BCUT2D eigenvalue weighted by molar-refractivity contribution is 5.87. The van der Waals surface area contributed by atoms with Crippen LogP contribution >= 0.6 is 0 Å². The van der Waals surface area contributed by atoms with Gasteiger partial charge in [-0.3, -0.25) is 9.59 Å². The van der Waals surface area contributed by atoms with Gasteiger partial charge in [0.25, 0.3) is 0 Å². The molecule has 0 heterocycles. The van der Waals surface area contributed by atoms with Crippen LogP contribution < -0.4 is 0 Å². The molecule has 0 radical (unpaired) electrons. The molecule has 0 amide bonds. The summed E-state index contributed by atoms with van der Waals surface area (Å²) in [5, 5.41) is 0. The predicted molar refractivity (Wildman–Crippen MR) is 274 cm³/mol. The zero-order valence-corrected chi connectivity index (χ0v) is 45.2. The van der Waals surface area contributed by atoms with E-state index in [0.29, 0.717) is 18.4 Å². The largest absolute Gasteiger partial charge is 0.461 e. The van der Waals surface area contributed by atoms with Gasteiger partial charge in [0.15, 0.2) is 0 Å². The minimum atomic E-state index is -0.453. The molecule has 0 saturated heterocycles. The van der Waals surface area contributed by atoms with Crippen molar-refractivity contribution >= 4 is 23.9 Å². The molecule has 4 atom stereocenters. The standard InChI is InChI=1S/C59H102O8/c1-14-17-19-21-25-31-37-46-44(35-29-20-18-15-2)41-42-45(36-30-24-22-27-33-39-50(62)66-54-58(10,11)55(59(54,12)13)67-51(63)43(4)5)47(46)38-32-26-23-28-34-40-49(61)65-53-56(6,7)52(57(53,8)9)64-48(60)16-3/h16,44-47,52-55H,3-4,14-15,17-42H2,1-2,5-13H3. The molecule has 386 valence electrons. The van der Waals surface area contributed by atoms with Crippen LogP contribution in [0.15, 0.2) is 24.8 Å². The van der Waals surface area contributed by atoms with Gasteiger partial charge in [-0.1, -0.05) is 211 Å². The van der Waals surface area contributed by atoms with Gasteiger partial charge in [0.05, 0.1) is 0 Å². The molecule has 0 aliphatic heterocycles. The van der Waals surface area contributed by atoms with E-state index in [4.69, 9.17) is 18.9 Å². The van der Waals surface area contributed by atoms with E-state index in [1.54, 1.807) is 6.92 Å². The first-order chi connectivity index (χ1) is 31.7. The first-order valence-corrected chi connectivity index (χ1v) is 27.8. The quantitative estimate of drug-likeness (QED) is 0.0272. The Labute approximate surface area is 411 Å². The van der Waals surface area contributed by atoms with Crippen molar-refractivity contribution in [2.45, 2.75) is 280 Å². The van der Waals surface area contributed by atoms with E-state index in [1.807, 2.05) is 55.4 Å². The van der Waals surface area contributed by atoms with Crippen LogP contribution in [-0.4, -0.2) is 48.3 Å². The third kappa shape index (κ3) is 17.0. The van der Waals surface area contributed by atoms with Gasteiger partial charge in [-0.15, -0.1) is 0 Å². The fourth-order valence-corrected chi connectivity index (χ4v) is 13.7. The number of ether oxygens (including phenoxy) is 4. The lowest BCUT2D eigenvalue weighted by Gasteiger charge is -2.61. The van der Waals surface area contributed by atoms with E-state index in [1.165, 1.54) is 134 Å². The highest BCUT2D eigenvalue weighted by Crippen LogP contribution is 2.58. The molecule has 4 unspecified atom stereocenters. The predicted octanol–water partition coefficient (Wildman–Crippen LogP) is 16.0. The summed E-state index contributed by atoms with van der Waals surface area (Å²) in [5.74, 6) is 2.24. The number of rotatable bonds is 34. The van der Waals surface area contributed by atoms with Crippen LogP contribution in [0.3, 0.4) is 0 Å². The second kappa shape index (κ2) is 28.3. The summed E-state index contributed by atoms with van der Waals surface area (Å²) >= 11 is 0. The Morgan fingerprint density at radius 1 is 0.463 bits per heavy atom. The van der Waals surface area contributed by atoms with Crippen molar-refractivity contribution in [3.63, 3.8) is 0 Å². The topological polar surface area (TPSA) is 105 Å². The SMILES string of the molecule is C=CC(=O)OC1C(C)(C)C(OC(=O)CCCCCCCC2C(CCCCCCCC(=O)OC3C(C)(C)C(OC(=O)C(=C)C)C3(C)C)CCC(CCCCCC)C2CCCCCCCC)C1(C)C. The summed E-state index contributed by atoms with van der Waals surface area (Å²) in [6.45, 7) is 29.6. The molecule has 3 aliphatic rings. The number of carbonyl (C=O) groups excluding carboxylic acids is 4. The third-order valence-corrected chi connectivity index (χ3v) is 16.7. The van der Waals surface area contributed by atoms with Crippen molar-refractivity contribution < 1.29 is 38.1 Å². The summed E-state index contributed by atoms with van der Waals surface area (Å²) in [5.41, 5.74) is -1.42. The van der Waals surface area contributed by atoms with Crippen molar-refractivity contribution in [2.24, 2.45) is 45.3 Å². The molecule has 8 nitrogen and oxygen atoms in total. The van der Waals surface area contributed by atoms with Gasteiger partial charge in [0.2, 0.25) is 0 Å². The fourth-order valence-electron chi connectivity index (χ4n) is 13.7. The minimum absolute atomic E-state index is 0.147. The fraction of sp³-hybridized carbons (Fsp3) is 0.864. The molecular formula is C59H102O8. The number of carbonyl (C=O) groups is 4. The van der Waals surface area contributed by atoms with Crippen LogP contribution in [0.1, 0.15) is 256 Å². The van der Waals surface area contributed by atoms with E-state index in [2.05, 4.69) is 27.0 Å². The van der Waals surface area contributed by atoms with Crippen molar-refractivity contribution in [3.05, 3.63) is 24.8 Å². The van der Waals surface area contributed by atoms with Crippen LogP contribution in [0.25, 0.3) is 0 Å². The Kier molecular flexibility index (Phi) is 24.8. The monoisotopic (exact) mass is 939 g/mol. The summed E-state index contributed by atoms with van der Waals surface area (Å²) in [6, 6.07) is 0. The molecule has 0 bridgehead atoms. The Bertz CT molecular complexity index is 1510. The summed E-state index contributed by atoms with van der Waals surface area (Å²) in [7, 11) is 0. The molecular weight excluding hydrogens is 837 g/mol. The van der Waals surface area contributed by atoms with E-state index < -0.39 is 33.6 Å². The van der Waals surface area contributed by atoms with Gasteiger partial charge >= 0.3 is 23.9 Å². The second-order valence-corrected chi connectivity index (χ2v) is 24.1. The van der Waals surface area contributed by atoms with Gasteiger partial charge in [0, 0.05) is 46.2 Å². The maximum absolute atomic E-state index is 13.0. The Morgan fingerprint density at radius 3 is 1.15 bits per heavy atom. The van der Waals surface area contributed by atoms with Crippen molar-refractivity contribution in [1.82, 2.24) is 0 Å². The smallest absolute Gasteiger partial charge is 0.333 e. The third-order valence-electron chi connectivity index (χ3n) is 16.7. The van der Waals surface area contributed by atoms with E-state index >= 15 is 0 Å². The van der Waals surface area contributed by atoms with Crippen molar-refractivity contribution in [1.29, 1.82) is 0 Å². The van der Waals surface area contributed by atoms with Gasteiger partial charge in [-0.05, 0) is 69.1 Å². The van der Waals surface area contributed by atoms with Crippen molar-refractivity contribution in [2.75, 3.05) is 0 Å². The molecule has 3 aliphatic carbocycles. The average Bonchev–Trinajstić information content (AvgIpc) is 3.27. The van der Waals surface area contributed by atoms with E-state index in [-0.39, 0.29) is 36.4 Å². The van der Waals surface area contributed by atoms with Gasteiger partial charge in [-0.25, -0.2) is 9.59 Å². The Hall–Kier alpha value is -2.64. The maximum atomic E-state index is 13.0. The zero-order chi connectivity index (χ0) is 49.8. The summed E-state index contributed by atoms with van der Waals surface area (Å²) in [6.07, 6.45) is 33.8.